The number of imidazole rings is 1. The van der Waals surface area contributed by atoms with Gasteiger partial charge in [-0.05, 0) is 25.1 Å². The highest BCUT2D eigenvalue weighted by Crippen LogP contribution is 2.31. The molecule has 5 nitrogen and oxygen atoms in total. The summed E-state index contributed by atoms with van der Waals surface area (Å²) in [6.45, 7) is 2.87. The van der Waals surface area contributed by atoms with Crippen LogP contribution in [0.3, 0.4) is 0 Å². The van der Waals surface area contributed by atoms with E-state index in [1.54, 1.807) is 19.4 Å². The average Bonchev–Trinajstić information content (AvgIpc) is 2.88. The van der Waals surface area contributed by atoms with E-state index in [9.17, 15) is 0 Å². The summed E-state index contributed by atoms with van der Waals surface area (Å²) < 4.78 is 7.38. The van der Waals surface area contributed by atoms with E-state index in [2.05, 4.69) is 10.4 Å². The van der Waals surface area contributed by atoms with Gasteiger partial charge in [0.25, 0.3) is 0 Å². The van der Waals surface area contributed by atoms with Crippen molar-refractivity contribution in [3.8, 4) is 5.75 Å². The summed E-state index contributed by atoms with van der Waals surface area (Å²) in [7, 11) is 1.62. The minimum Gasteiger partial charge on any atom is -0.496 e. The molecular formula is C13H17ClN4O. The van der Waals surface area contributed by atoms with Crippen molar-refractivity contribution in [2.75, 3.05) is 7.11 Å². The number of hydrazine groups is 1. The molecule has 6 heteroatoms. The number of aryl methyl sites for hydroxylation is 1. The molecule has 0 amide bonds. The number of nitrogens with one attached hydrogen (secondary N) is 1. The summed E-state index contributed by atoms with van der Waals surface area (Å²) in [6.07, 6.45) is 3.66. The van der Waals surface area contributed by atoms with Gasteiger partial charge in [-0.1, -0.05) is 11.6 Å². The van der Waals surface area contributed by atoms with Crippen LogP contribution in [0.5, 0.6) is 5.75 Å². The highest BCUT2D eigenvalue weighted by Gasteiger charge is 2.21. The Labute approximate surface area is 117 Å². The average molecular weight is 281 g/mol. The maximum Gasteiger partial charge on any atom is 0.131 e. The fourth-order valence-electron chi connectivity index (χ4n) is 2.08. The van der Waals surface area contributed by atoms with Crippen molar-refractivity contribution in [1.29, 1.82) is 0 Å². The van der Waals surface area contributed by atoms with Crippen LogP contribution >= 0.6 is 11.6 Å². The Balaban J connectivity index is 2.50. The van der Waals surface area contributed by atoms with Crippen molar-refractivity contribution in [3.05, 3.63) is 47.0 Å². The van der Waals surface area contributed by atoms with Crippen LogP contribution in [0.1, 0.15) is 24.4 Å². The molecule has 1 heterocycles. The monoisotopic (exact) mass is 280 g/mol. The predicted molar refractivity (Wildman–Crippen MR) is 75.1 cm³/mol. The zero-order valence-electron chi connectivity index (χ0n) is 10.9. The van der Waals surface area contributed by atoms with Gasteiger partial charge < -0.3 is 9.30 Å². The van der Waals surface area contributed by atoms with Gasteiger partial charge in [-0.25, -0.2) is 10.4 Å². The van der Waals surface area contributed by atoms with E-state index in [1.165, 1.54) is 0 Å². The number of nitrogens with two attached hydrogens (primary N) is 1. The van der Waals surface area contributed by atoms with E-state index >= 15 is 0 Å². The molecular weight excluding hydrogens is 264 g/mol. The lowest BCUT2D eigenvalue weighted by atomic mass is 10.1. The first-order valence-corrected chi connectivity index (χ1v) is 6.39. The van der Waals surface area contributed by atoms with E-state index in [0.717, 1.165) is 23.7 Å². The van der Waals surface area contributed by atoms with Crippen LogP contribution < -0.4 is 16.0 Å². The molecule has 0 radical (unpaired) electrons. The Morgan fingerprint density at radius 3 is 2.95 bits per heavy atom. The Bertz CT molecular complexity index is 555. The van der Waals surface area contributed by atoms with Gasteiger partial charge >= 0.3 is 0 Å². The fraction of sp³-hybridized carbons (Fsp3) is 0.308. The molecule has 1 unspecified atom stereocenters. The summed E-state index contributed by atoms with van der Waals surface area (Å²) in [4.78, 5) is 4.36. The molecule has 3 N–H and O–H groups in total. The van der Waals surface area contributed by atoms with Gasteiger partial charge in [-0.15, -0.1) is 0 Å². The van der Waals surface area contributed by atoms with E-state index in [0.29, 0.717) is 5.02 Å². The number of benzene rings is 1. The zero-order valence-corrected chi connectivity index (χ0v) is 11.7. The molecule has 1 aromatic carbocycles. The first-order valence-electron chi connectivity index (χ1n) is 6.01. The number of rotatable bonds is 5. The van der Waals surface area contributed by atoms with Crippen LogP contribution in [0.4, 0.5) is 0 Å². The minimum atomic E-state index is -0.274. The Hall–Kier alpha value is -1.56. The second-order valence-electron chi connectivity index (χ2n) is 4.06. The van der Waals surface area contributed by atoms with Crippen LogP contribution in [-0.4, -0.2) is 16.7 Å². The third kappa shape index (κ3) is 2.73. The largest absolute Gasteiger partial charge is 0.496 e. The van der Waals surface area contributed by atoms with Gasteiger partial charge in [0.15, 0.2) is 0 Å². The maximum absolute atomic E-state index is 6.06. The van der Waals surface area contributed by atoms with Gasteiger partial charge in [0, 0.05) is 29.5 Å². The minimum absolute atomic E-state index is 0.274. The van der Waals surface area contributed by atoms with Gasteiger partial charge in [-0.3, -0.25) is 5.84 Å². The molecule has 1 aromatic heterocycles. The summed E-state index contributed by atoms with van der Waals surface area (Å²) in [5, 5.41) is 0.630. The van der Waals surface area contributed by atoms with E-state index in [1.807, 2.05) is 29.8 Å². The van der Waals surface area contributed by atoms with Crippen molar-refractivity contribution >= 4 is 11.6 Å². The second-order valence-corrected chi connectivity index (χ2v) is 4.49. The number of ether oxygens (including phenoxy) is 1. The van der Waals surface area contributed by atoms with E-state index in [4.69, 9.17) is 22.2 Å². The molecule has 0 bridgehead atoms. The highest BCUT2D eigenvalue weighted by atomic mass is 35.5. The third-order valence-corrected chi connectivity index (χ3v) is 3.25. The van der Waals surface area contributed by atoms with Crippen molar-refractivity contribution in [3.63, 3.8) is 0 Å². The lowest BCUT2D eigenvalue weighted by Crippen LogP contribution is -2.31. The molecule has 0 aliphatic rings. The van der Waals surface area contributed by atoms with Gasteiger partial charge in [-0.2, -0.15) is 0 Å². The SMILES string of the molecule is CCn1ccnc1C(NN)c1cc(Cl)ccc1OC. The van der Waals surface area contributed by atoms with Crippen LogP contribution in [0.25, 0.3) is 0 Å². The third-order valence-electron chi connectivity index (χ3n) is 3.02. The molecule has 2 rings (SSSR count). The van der Waals surface area contributed by atoms with Crippen LogP contribution in [-0.2, 0) is 6.54 Å². The molecule has 0 saturated carbocycles. The molecule has 2 aromatic rings. The summed E-state index contributed by atoms with van der Waals surface area (Å²) in [5.41, 5.74) is 3.64. The van der Waals surface area contributed by atoms with Gasteiger partial charge in [0.2, 0.25) is 0 Å². The lowest BCUT2D eigenvalue weighted by molar-refractivity contribution is 0.402. The smallest absolute Gasteiger partial charge is 0.131 e. The van der Waals surface area contributed by atoms with Crippen LogP contribution in [0, 0.1) is 0 Å². The normalized spacial score (nSPS) is 12.4. The first kappa shape index (κ1) is 13.9. The quantitative estimate of drug-likeness (QED) is 0.650. The molecule has 102 valence electrons. The highest BCUT2D eigenvalue weighted by molar-refractivity contribution is 6.30. The molecule has 0 saturated heterocycles. The number of methoxy groups -OCH3 is 1. The fourth-order valence-corrected chi connectivity index (χ4v) is 2.26. The van der Waals surface area contributed by atoms with E-state index in [-0.39, 0.29) is 6.04 Å². The van der Waals surface area contributed by atoms with E-state index < -0.39 is 0 Å². The van der Waals surface area contributed by atoms with Crippen molar-refractivity contribution in [2.45, 2.75) is 19.5 Å². The van der Waals surface area contributed by atoms with Crippen molar-refractivity contribution < 1.29 is 4.74 Å². The topological polar surface area (TPSA) is 65.1 Å². The number of nitrogens with zero attached hydrogens (tertiary/aromatic N) is 2. The molecule has 1 atom stereocenters. The zero-order chi connectivity index (χ0) is 13.8. The maximum atomic E-state index is 6.06. The first-order chi connectivity index (χ1) is 9.21. The number of hydrogen-bond donors (Lipinski definition) is 2. The predicted octanol–water partition coefficient (Wildman–Crippen LogP) is 2.12. The molecule has 19 heavy (non-hydrogen) atoms. The number of aromatic nitrogens is 2. The van der Waals surface area contributed by atoms with Crippen LogP contribution in [0.2, 0.25) is 5.02 Å². The standard InChI is InChI=1S/C13H17ClN4O/c1-3-18-7-6-16-13(18)12(17-15)10-8-9(14)4-5-11(10)19-2/h4-8,12,17H,3,15H2,1-2H3. The summed E-state index contributed by atoms with van der Waals surface area (Å²) in [5.74, 6) is 7.24. The van der Waals surface area contributed by atoms with Crippen LogP contribution in [0.15, 0.2) is 30.6 Å². The number of hydrogen-bond acceptors (Lipinski definition) is 4. The lowest BCUT2D eigenvalue weighted by Gasteiger charge is -2.19. The molecule has 0 aliphatic heterocycles. The van der Waals surface area contributed by atoms with Gasteiger partial charge in [0.05, 0.1) is 7.11 Å². The molecule has 0 spiro atoms. The Morgan fingerprint density at radius 2 is 2.32 bits per heavy atom. The molecule has 0 aliphatic carbocycles. The number of halogens is 1. The summed E-state index contributed by atoms with van der Waals surface area (Å²) in [6, 6.07) is 5.16. The second kappa shape index (κ2) is 6.06. The summed E-state index contributed by atoms with van der Waals surface area (Å²) >= 11 is 6.06. The molecule has 0 fully saturated rings. The van der Waals surface area contributed by atoms with Crippen molar-refractivity contribution in [2.24, 2.45) is 5.84 Å². The van der Waals surface area contributed by atoms with Crippen molar-refractivity contribution in [1.82, 2.24) is 15.0 Å². The Kier molecular flexibility index (Phi) is 4.42. The van der Waals surface area contributed by atoms with Gasteiger partial charge in [0.1, 0.15) is 17.6 Å². The Morgan fingerprint density at radius 1 is 1.53 bits per heavy atom.